The Morgan fingerprint density at radius 3 is 2.62 bits per heavy atom. The van der Waals surface area contributed by atoms with Crippen molar-refractivity contribution in [2.45, 2.75) is 22.9 Å². The monoisotopic (exact) mass is 413 g/mol. The average Bonchev–Trinajstić information content (AvgIpc) is 2.83. The lowest BCUT2D eigenvalue weighted by Gasteiger charge is -2.12. The number of benzene rings is 1. The average molecular weight is 413 g/mol. The van der Waals surface area contributed by atoms with Gasteiger partial charge in [0.1, 0.15) is 5.69 Å². The molecule has 1 aromatic rings. The van der Waals surface area contributed by atoms with Crippen molar-refractivity contribution in [3.8, 4) is 0 Å². The van der Waals surface area contributed by atoms with Crippen LogP contribution < -0.4 is 10.6 Å². The van der Waals surface area contributed by atoms with Crippen molar-refractivity contribution in [3.05, 3.63) is 28.3 Å². The maximum absolute atomic E-state index is 12.4. The number of nitro groups is 1. The van der Waals surface area contributed by atoms with Gasteiger partial charge in [0.05, 0.1) is 23.0 Å². The third-order valence-corrected chi connectivity index (χ3v) is 5.93. The van der Waals surface area contributed by atoms with Gasteiger partial charge >= 0.3 is 5.51 Å². The summed E-state index contributed by atoms with van der Waals surface area (Å²) in [6.45, 7) is -0.386. The van der Waals surface area contributed by atoms with Gasteiger partial charge in [-0.15, -0.1) is 0 Å². The smallest absolute Gasteiger partial charge is 0.371 e. The van der Waals surface area contributed by atoms with Gasteiger partial charge in [-0.3, -0.25) is 14.9 Å². The topological polar surface area (TPSA) is 118 Å². The molecule has 13 heteroatoms. The van der Waals surface area contributed by atoms with Crippen molar-refractivity contribution in [2.75, 3.05) is 23.4 Å². The molecule has 1 amide bonds. The first-order valence-corrected chi connectivity index (χ1v) is 9.87. The second-order valence-corrected chi connectivity index (χ2v) is 8.87. The van der Waals surface area contributed by atoms with Gasteiger partial charge in [0.25, 0.3) is 5.69 Å². The molecular weight excluding hydrogens is 399 g/mol. The molecule has 0 bridgehead atoms. The molecule has 0 saturated carbocycles. The number of carbonyl (C=O) groups is 1. The minimum atomic E-state index is -4.58. The summed E-state index contributed by atoms with van der Waals surface area (Å²) in [5.74, 6) is -0.757. The molecule has 0 radical (unpaired) electrons. The predicted octanol–water partition coefficient (Wildman–Crippen LogP) is 1.92. The van der Waals surface area contributed by atoms with Crippen molar-refractivity contribution < 1.29 is 31.3 Å². The Morgan fingerprint density at radius 1 is 1.38 bits per heavy atom. The molecule has 1 saturated heterocycles. The molecule has 1 aliphatic heterocycles. The van der Waals surface area contributed by atoms with E-state index in [4.69, 9.17) is 0 Å². The standard InChI is InChI=1S/C13H14F3N3O5S2/c14-13(15,16)25-9-1-2-10(11(5-9)19(21)22)17-6-12(20)18-8-3-4-26(23,24)7-8/h1-2,5,8,17H,3-4,6-7H2,(H,18,20). The second-order valence-electron chi connectivity index (χ2n) is 5.50. The van der Waals surface area contributed by atoms with Crippen LogP contribution in [-0.2, 0) is 14.6 Å². The largest absolute Gasteiger partial charge is 0.446 e. The summed E-state index contributed by atoms with van der Waals surface area (Å²) in [5.41, 5.74) is -5.30. The summed E-state index contributed by atoms with van der Waals surface area (Å²) in [5, 5.41) is 16.0. The molecule has 1 aliphatic rings. The first kappa shape index (κ1) is 20.3. The van der Waals surface area contributed by atoms with E-state index in [1.54, 1.807) is 0 Å². The number of amides is 1. The van der Waals surface area contributed by atoms with E-state index in [1.165, 1.54) is 0 Å². The lowest BCUT2D eigenvalue weighted by atomic mass is 10.2. The molecule has 1 atom stereocenters. The summed E-state index contributed by atoms with van der Waals surface area (Å²) in [6, 6.07) is 2.38. The van der Waals surface area contributed by atoms with Gasteiger partial charge in [0.2, 0.25) is 5.91 Å². The Morgan fingerprint density at radius 2 is 2.08 bits per heavy atom. The molecule has 0 aromatic heterocycles. The van der Waals surface area contributed by atoms with E-state index >= 15 is 0 Å². The van der Waals surface area contributed by atoms with Crippen molar-refractivity contribution in [3.63, 3.8) is 0 Å². The van der Waals surface area contributed by atoms with Gasteiger partial charge in [-0.1, -0.05) is 0 Å². The van der Waals surface area contributed by atoms with Crippen LogP contribution in [0.2, 0.25) is 0 Å². The van der Waals surface area contributed by atoms with Gasteiger partial charge in [-0.2, -0.15) is 13.2 Å². The van der Waals surface area contributed by atoms with E-state index < -0.39 is 49.7 Å². The minimum Gasteiger partial charge on any atom is -0.371 e. The summed E-state index contributed by atoms with van der Waals surface area (Å²) < 4.78 is 59.7. The molecule has 144 valence electrons. The molecule has 8 nitrogen and oxygen atoms in total. The molecule has 1 heterocycles. The van der Waals surface area contributed by atoms with Crippen molar-refractivity contribution in [2.24, 2.45) is 0 Å². The van der Waals surface area contributed by atoms with Gasteiger partial charge in [-0.25, -0.2) is 8.42 Å². The number of sulfone groups is 1. The maximum atomic E-state index is 12.4. The highest BCUT2D eigenvalue weighted by Crippen LogP contribution is 2.39. The number of alkyl halides is 3. The Balaban J connectivity index is 2.00. The number of nitrogens with one attached hydrogen (secondary N) is 2. The van der Waals surface area contributed by atoms with E-state index in [0.717, 1.165) is 18.2 Å². The summed E-state index contributed by atoms with van der Waals surface area (Å²) in [7, 11) is -3.16. The zero-order valence-corrected chi connectivity index (χ0v) is 14.7. The van der Waals surface area contributed by atoms with E-state index in [9.17, 15) is 36.5 Å². The van der Waals surface area contributed by atoms with Gasteiger partial charge in [-0.05, 0) is 30.3 Å². The highest BCUT2D eigenvalue weighted by atomic mass is 32.2. The fraction of sp³-hybridized carbons (Fsp3) is 0.462. The third-order valence-electron chi connectivity index (χ3n) is 3.44. The minimum absolute atomic E-state index is 0.0187. The number of nitrogens with zero attached hydrogens (tertiary/aromatic N) is 1. The number of nitro benzene ring substituents is 1. The molecule has 1 aromatic carbocycles. The Hall–Kier alpha value is -2.02. The number of rotatable bonds is 6. The van der Waals surface area contributed by atoms with Crippen molar-refractivity contribution in [1.29, 1.82) is 0 Å². The van der Waals surface area contributed by atoms with E-state index in [1.807, 2.05) is 0 Å². The van der Waals surface area contributed by atoms with Gasteiger partial charge < -0.3 is 10.6 Å². The van der Waals surface area contributed by atoms with Gasteiger partial charge in [0.15, 0.2) is 9.84 Å². The molecule has 26 heavy (non-hydrogen) atoms. The quantitative estimate of drug-likeness (QED) is 0.415. The van der Waals surface area contributed by atoms with Crippen LogP contribution in [0.4, 0.5) is 24.5 Å². The summed E-state index contributed by atoms with van der Waals surface area (Å²) in [6.07, 6.45) is 0.289. The van der Waals surface area contributed by atoms with E-state index in [0.29, 0.717) is 0 Å². The maximum Gasteiger partial charge on any atom is 0.446 e. The van der Waals surface area contributed by atoms with Crippen molar-refractivity contribution >= 4 is 38.9 Å². The molecule has 0 spiro atoms. The zero-order chi connectivity index (χ0) is 19.5. The third kappa shape index (κ3) is 6.05. The van der Waals surface area contributed by atoms with Crippen LogP contribution in [0, 0.1) is 10.1 Å². The number of halogens is 3. The highest BCUT2D eigenvalue weighted by molar-refractivity contribution is 8.00. The number of anilines is 1. The first-order chi connectivity index (χ1) is 12.0. The number of thioether (sulfide) groups is 1. The number of carbonyl (C=O) groups excluding carboxylic acids is 1. The molecule has 2 N–H and O–H groups in total. The Kier molecular flexibility index (Phi) is 6.01. The lowest BCUT2D eigenvalue weighted by molar-refractivity contribution is -0.384. The molecule has 1 fully saturated rings. The van der Waals surface area contributed by atoms with Crippen LogP contribution in [0.3, 0.4) is 0 Å². The van der Waals surface area contributed by atoms with E-state index in [2.05, 4.69) is 10.6 Å². The number of hydrogen-bond acceptors (Lipinski definition) is 7. The van der Waals surface area contributed by atoms with Crippen LogP contribution in [-0.4, -0.2) is 48.8 Å². The van der Waals surface area contributed by atoms with E-state index in [-0.39, 0.29) is 35.1 Å². The molecular formula is C13H14F3N3O5S2. The first-order valence-electron chi connectivity index (χ1n) is 7.23. The fourth-order valence-electron chi connectivity index (χ4n) is 2.37. The molecule has 0 aliphatic carbocycles. The van der Waals surface area contributed by atoms with Gasteiger partial charge in [0, 0.05) is 17.0 Å². The highest BCUT2D eigenvalue weighted by Gasteiger charge is 2.31. The lowest BCUT2D eigenvalue weighted by Crippen LogP contribution is -2.39. The van der Waals surface area contributed by atoms with Crippen molar-refractivity contribution in [1.82, 2.24) is 5.32 Å². The molecule has 2 rings (SSSR count). The fourth-order valence-corrected chi connectivity index (χ4v) is 4.62. The summed E-state index contributed by atoms with van der Waals surface area (Å²) in [4.78, 5) is 21.7. The van der Waals surface area contributed by atoms with Crippen LogP contribution >= 0.6 is 11.8 Å². The SMILES string of the molecule is O=C(CNc1ccc(SC(F)(F)F)cc1[N+](=O)[O-])NC1CCS(=O)(=O)C1. The molecule has 1 unspecified atom stereocenters. The van der Waals surface area contributed by atoms with Crippen LogP contribution in [0.15, 0.2) is 23.1 Å². The predicted molar refractivity (Wildman–Crippen MR) is 88.7 cm³/mol. The normalized spacial score (nSPS) is 19.1. The summed E-state index contributed by atoms with van der Waals surface area (Å²) >= 11 is -0.482. The second kappa shape index (κ2) is 7.70. The van der Waals surface area contributed by atoms with Crippen LogP contribution in [0.1, 0.15) is 6.42 Å². The number of hydrogen-bond donors (Lipinski definition) is 2. The van der Waals surface area contributed by atoms with Crippen LogP contribution in [0.5, 0.6) is 0 Å². The Bertz CT molecular complexity index is 814. The zero-order valence-electron chi connectivity index (χ0n) is 13.1. The Labute approximate surface area is 150 Å². The van der Waals surface area contributed by atoms with Crippen LogP contribution in [0.25, 0.3) is 0 Å².